The van der Waals surface area contributed by atoms with Crippen molar-refractivity contribution in [2.75, 3.05) is 0 Å². The number of aromatic nitrogens is 3. The molecule has 4 nitrogen and oxygen atoms in total. The van der Waals surface area contributed by atoms with Gasteiger partial charge in [0.15, 0.2) is 0 Å². The van der Waals surface area contributed by atoms with E-state index < -0.39 is 5.60 Å². The number of nitrogens with zero attached hydrogens (tertiary/aromatic N) is 3. The average molecular weight is 344 g/mol. The van der Waals surface area contributed by atoms with Crippen LogP contribution in [0.25, 0.3) is 0 Å². The van der Waals surface area contributed by atoms with Crippen LogP contribution in [0.4, 0.5) is 0 Å². The molecule has 3 atom stereocenters. The second kappa shape index (κ2) is 5.30. The lowest BCUT2D eigenvalue weighted by molar-refractivity contribution is -0.00767. The Bertz CT molecular complexity index is 754. The molecule has 24 heavy (non-hydrogen) atoms. The first-order chi connectivity index (χ1) is 11.6. The van der Waals surface area contributed by atoms with Gasteiger partial charge in [0.05, 0.1) is 6.54 Å². The van der Waals surface area contributed by atoms with Crippen LogP contribution in [0.15, 0.2) is 30.9 Å². The van der Waals surface area contributed by atoms with E-state index in [4.69, 9.17) is 11.6 Å². The fraction of sp³-hybridized carbons (Fsp3) is 0.579. The molecule has 0 saturated heterocycles. The van der Waals surface area contributed by atoms with E-state index >= 15 is 0 Å². The molecule has 5 heteroatoms. The number of rotatable bonds is 6. The van der Waals surface area contributed by atoms with Crippen LogP contribution in [0.1, 0.15) is 49.1 Å². The molecule has 126 valence electrons. The van der Waals surface area contributed by atoms with Crippen molar-refractivity contribution in [2.24, 2.45) is 17.8 Å². The zero-order valence-corrected chi connectivity index (χ0v) is 14.4. The lowest BCUT2D eigenvalue weighted by atomic mass is 9.87. The van der Waals surface area contributed by atoms with E-state index in [0.717, 1.165) is 30.2 Å². The lowest BCUT2D eigenvalue weighted by Crippen LogP contribution is -2.34. The molecule has 3 unspecified atom stereocenters. The number of halogens is 1. The van der Waals surface area contributed by atoms with Gasteiger partial charge in [-0.3, -0.25) is 0 Å². The second-order valence-electron chi connectivity index (χ2n) is 7.87. The predicted octanol–water partition coefficient (Wildman–Crippen LogP) is 3.74. The fourth-order valence-electron chi connectivity index (χ4n) is 4.31. The van der Waals surface area contributed by atoms with Crippen LogP contribution in [0.2, 0.25) is 5.02 Å². The van der Waals surface area contributed by atoms with Crippen molar-refractivity contribution < 1.29 is 5.11 Å². The maximum Gasteiger partial charge on any atom is 0.137 e. The van der Waals surface area contributed by atoms with E-state index in [-0.39, 0.29) is 5.92 Å². The molecular weight excluding hydrogens is 322 g/mol. The fourth-order valence-corrected chi connectivity index (χ4v) is 4.67. The first-order valence-corrected chi connectivity index (χ1v) is 9.37. The summed E-state index contributed by atoms with van der Waals surface area (Å²) in [4.78, 5) is 3.99. The third-order valence-corrected chi connectivity index (χ3v) is 6.39. The van der Waals surface area contributed by atoms with Gasteiger partial charge >= 0.3 is 0 Å². The summed E-state index contributed by atoms with van der Waals surface area (Å²) in [7, 11) is 0. The molecule has 3 aliphatic rings. The van der Waals surface area contributed by atoms with Gasteiger partial charge in [0.2, 0.25) is 0 Å². The zero-order chi connectivity index (χ0) is 16.3. The van der Waals surface area contributed by atoms with E-state index in [1.54, 1.807) is 11.0 Å². The van der Waals surface area contributed by atoms with Gasteiger partial charge in [-0.15, -0.1) is 0 Å². The Morgan fingerprint density at radius 1 is 1.25 bits per heavy atom. The van der Waals surface area contributed by atoms with E-state index in [2.05, 4.69) is 28.3 Å². The third kappa shape index (κ3) is 2.56. The van der Waals surface area contributed by atoms with Crippen molar-refractivity contribution in [1.82, 2.24) is 14.8 Å². The summed E-state index contributed by atoms with van der Waals surface area (Å²) in [6, 6.07) is 6.33. The van der Waals surface area contributed by atoms with Crippen molar-refractivity contribution >= 4 is 11.6 Å². The molecule has 3 fully saturated rings. The van der Waals surface area contributed by atoms with Gasteiger partial charge in [-0.25, -0.2) is 9.67 Å². The maximum absolute atomic E-state index is 11.4. The lowest BCUT2D eigenvalue weighted by Gasteiger charge is -2.29. The highest BCUT2D eigenvalue weighted by Crippen LogP contribution is 2.59. The Balaban J connectivity index is 1.43. The summed E-state index contributed by atoms with van der Waals surface area (Å²) in [5.74, 6) is 2.78. The van der Waals surface area contributed by atoms with E-state index in [1.807, 2.05) is 0 Å². The Morgan fingerprint density at radius 3 is 2.71 bits per heavy atom. The summed E-state index contributed by atoms with van der Waals surface area (Å²) >= 11 is 6.64. The molecule has 3 saturated carbocycles. The Labute approximate surface area is 146 Å². The highest BCUT2D eigenvalue weighted by atomic mass is 35.5. The summed E-state index contributed by atoms with van der Waals surface area (Å²) in [6.45, 7) is 0.408. The molecule has 0 bridgehead atoms. The molecule has 1 N–H and O–H groups in total. The van der Waals surface area contributed by atoms with Crippen LogP contribution >= 0.6 is 11.6 Å². The van der Waals surface area contributed by atoms with Crippen LogP contribution in [0, 0.1) is 17.8 Å². The Morgan fingerprint density at radius 2 is 2.08 bits per heavy atom. The van der Waals surface area contributed by atoms with Crippen LogP contribution in [-0.2, 0) is 12.1 Å². The first kappa shape index (κ1) is 14.9. The van der Waals surface area contributed by atoms with Crippen molar-refractivity contribution in [2.45, 2.75) is 50.2 Å². The van der Waals surface area contributed by atoms with Crippen molar-refractivity contribution in [3.8, 4) is 0 Å². The standard InChI is InChI=1S/C19H22ClN3O/c20-18-7-13(16-8-15(16)12-1-2-12)3-6-17(18)19(24,14-4-5-14)9-23-11-21-10-22-23/h3,6-7,10-12,14-16,24H,1-2,4-5,8-9H2. The van der Waals surface area contributed by atoms with Gasteiger partial charge in [0.25, 0.3) is 0 Å². The molecule has 1 aromatic carbocycles. The molecule has 5 rings (SSSR count). The summed E-state index contributed by atoms with van der Waals surface area (Å²) < 4.78 is 1.70. The predicted molar refractivity (Wildman–Crippen MR) is 91.7 cm³/mol. The minimum absolute atomic E-state index is 0.255. The number of aliphatic hydroxyl groups is 1. The third-order valence-electron chi connectivity index (χ3n) is 6.08. The summed E-state index contributed by atoms with van der Waals surface area (Å²) in [5.41, 5.74) is 1.23. The molecule has 0 amide bonds. The smallest absolute Gasteiger partial charge is 0.137 e. The van der Waals surface area contributed by atoms with Gasteiger partial charge in [0, 0.05) is 10.6 Å². The SMILES string of the molecule is OC(Cn1cncn1)(c1ccc(C2CC2C2CC2)cc1Cl)C1CC1. The Kier molecular flexibility index (Phi) is 3.29. The van der Waals surface area contributed by atoms with Crippen LogP contribution in [0.5, 0.6) is 0 Å². The van der Waals surface area contributed by atoms with Crippen LogP contribution < -0.4 is 0 Å². The number of hydrogen-bond donors (Lipinski definition) is 1. The van der Waals surface area contributed by atoms with Gasteiger partial charge in [-0.2, -0.15) is 5.10 Å². The van der Waals surface area contributed by atoms with Crippen LogP contribution in [-0.4, -0.2) is 19.9 Å². The molecule has 3 aliphatic carbocycles. The largest absolute Gasteiger partial charge is 0.383 e. The average Bonchev–Trinajstić information content (AvgIpc) is 3.44. The van der Waals surface area contributed by atoms with Crippen molar-refractivity contribution in [1.29, 1.82) is 0 Å². The monoisotopic (exact) mass is 343 g/mol. The second-order valence-corrected chi connectivity index (χ2v) is 8.28. The van der Waals surface area contributed by atoms with Gasteiger partial charge in [-0.05, 0) is 67.4 Å². The number of benzene rings is 1. The molecule has 2 aromatic rings. The van der Waals surface area contributed by atoms with Gasteiger partial charge in [-0.1, -0.05) is 23.7 Å². The molecule has 1 heterocycles. The van der Waals surface area contributed by atoms with E-state index in [1.165, 1.54) is 31.2 Å². The van der Waals surface area contributed by atoms with E-state index in [0.29, 0.717) is 17.5 Å². The zero-order valence-electron chi connectivity index (χ0n) is 13.6. The highest BCUT2D eigenvalue weighted by Gasteiger charge is 2.49. The molecule has 0 aliphatic heterocycles. The molecule has 1 aromatic heterocycles. The van der Waals surface area contributed by atoms with Crippen molar-refractivity contribution in [3.05, 3.63) is 47.0 Å². The number of hydrogen-bond acceptors (Lipinski definition) is 3. The quantitative estimate of drug-likeness (QED) is 0.869. The first-order valence-electron chi connectivity index (χ1n) is 9.00. The Hall–Kier alpha value is -1.39. The molecule has 0 radical (unpaired) electrons. The van der Waals surface area contributed by atoms with Crippen molar-refractivity contribution in [3.63, 3.8) is 0 Å². The van der Waals surface area contributed by atoms with Gasteiger partial charge in [0.1, 0.15) is 18.3 Å². The summed E-state index contributed by atoms with van der Waals surface area (Å²) in [5, 5.41) is 16.3. The normalized spacial score (nSPS) is 28.6. The summed E-state index contributed by atoms with van der Waals surface area (Å²) in [6.07, 6.45) is 9.36. The molecular formula is C19H22ClN3O. The minimum atomic E-state index is -0.956. The van der Waals surface area contributed by atoms with Gasteiger partial charge < -0.3 is 5.11 Å². The minimum Gasteiger partial charge on any atom is -0.383 e. The van der Waals surface area contributed by atoms with Crippen LogP contribution in [0.3, 0.4) is 0 Å². The van der Waals surface area contributed by atoms with E-state index in [9.17, 15) is 5.11 Å². The molecule has 0 spiro atoms. The maximum atomic E-state index is 11.4. The highest BCUT2D eigenvalue weighted by molar-refractivity contribution is 6.31. The topological polar surface area (TPSA) is 50.9 Å².